The number of likely N-dealkylation sites (tertiary alicyclic amines) is 1. The van der Waals surface area contributed by atoms with Gasteiger partial charge in [-0.25, -0.2) is 0 Å². The van der Waals surface area contributed by atoms with Crippen molar-refractivity contribution in [2.75, 3.05) is 26.2 Å². The zero-order valence-corrected chi connectivity index (χ0v) is 9.87. The summed E-state index contributed by atoms with van der Waals surface area (Å²) in [6.07, 6.45) is 7.18. The molecule has 0 aromatic carbocycles. The summed E-state index contributed by atoms with van der Waals surface area (Å²) >= 11 is 0. The Morgan fingerprint density at radius 2 is 2.13 bits per heavy atom. The van der Waals surface area contributed by atoms with Gasteiger partial charge in [-0.3, -0.25) is 4.79 Å². The summed E-state index contributed by atoms with van der Waals surface area (Å²) in [5.74, 6) is 0.895. The minimum absolute atomic E-state index is 0.795. The number of rotatable bonds is 7. The molecule has 0 aromatic rings. The highest BCUT2D eigenvalue weighted by Gasteiger charge is 2.17. The molecule has 0 aliphatic carbocycles. The zero-order chi connectivity index (χ0) is 10.9. The van der Waals surface area contributed by atoms with Crippen LogP contribution in [0.3, 0.4) is 0 Å². The highest BCUT2D eigenvalue weighted by molar-refractivity contribution is 5.45. The van der Waals surface area contributed by atoms with Crippen molar-refractivity contribution in [3.05, 3.63) is 0 Å². The van der Waals surface area contributed by atoms with Crippen LogP contribution in [0.25, 0.3) is 0 Å². The maximum Gasteiger partial charge on any atom is 0.207 e. The Bertz CT molecular complexity index is 165. The van der Waals surface area contributed by atoms with Crippen LogP contribution in [0.4, 0.5) is 0 Å². The summed E-state index contributed by atoms with van der Waals surface area (Å²) in [5.41, 5.74) is 0. The third-order valence-corrected chi connectivity index (χ3v) is 3.26. The van der Waals surface area contributed by atoms with E-state index in [1.807, 2.05) is 0 Å². The topological polar surface area (TPSA) is 32.3 Å². The van der Waals surface area contributed by atoms with Gasteiger partial charge in [0.15, 0.2) is 0 Å². The lowest BCUT2D eigenvalue weighted by Crippen LogP contribution is -2.34. The molecule has 1 aliphatic heterocycles. The van der Waals surface area contributed by atoms with E-state index in [1.165, 1.54) is 45.3 Å². The van der Waals surface area contributed by atoms with Crippen LogP contribution in [-0.4, -0.2) is 37.5 Å². The van der Waals surface area contributed by atoms with Crippen molar-refractivity contribution in [2.24, 2.45) is 5.92 Å². The van der Waals surface area contributed by atoms with Crippen molar-refractivity contribution in [1.29, 1.82) is 0 Å². The zero-order valence-electron chi connectivity index (χ0n) is 9.87. The lowest BCUT2D eigenvalue weighted by atomic mass is 9.92. The average Bonchev–Trinajstić information content (AvgIpc) is 2.27. The SMILES string of the molecule is CCCN1CCC(CCCNC=O)CC1. The number of hydrogen-bond acceptors (Lipinski definition) is 2. The lowest BCUT2D eigenvalue weighted by Gasteiger charge is -2.31. The van der Waals surface area contributed by atoms with Gasteiger partial charge in [-0.1, -0.05) is 6.92 Å². The molecule has 1 fully saturated rings. The van der Waals surface area contributed by atoms with Crippen LogP contribution in [0.1, 0.15) is 39.0 Å². The number of carbonyl (C=O) groups excluding carboxylic acids is 1. The predicted molar refractivity (Wildman–Crippen MR) is 62.8 cm³/mol. The maximum absolute atomic E-state index is 10.1. The summed E-state index contributed by atoms with van der Waals surface area (Å²) in [5, 5.41) is 2.73. The van der Waals surface area contributed by atoms with Crippen molar-refractivity contribution in [2.45, 2.75) is 39.0 Å². The Labute approximate surface area is 93.2 Å². The van der Waals surface area contributed by atoms with Gasteiger partial charge < -0.3 is 10.2 Å². The van der Waals surface area contributed by atoms with Crippen LogP contribution >= 0.6 is 0 Å². The van der Waals surface area contributed by atoms with Gasteiger partial charge in [-0.15, -0.1) is 0 Å². The van der Waals surface area contributed by atoms with E-state index in [2.05, 4.69) is 17.1 Å². The first-order valence-electron chi connectivity index (χ1n) is 6.26. The normalized spacial score (nSPS) is 19.0. The quantitative estimate of drug-likeness (QED) is 0.514. The molecule has 3 nitrogen and oxygen atoms in total. The molecule has 3 heteroatoms. The Kier molecular flexibility index (Phi) is 6.41. The van der Waals surface area contributed by atoms with Crippen LogP contribution in [-0.2, 0) is 4.79 Å². The fourth-order valence-electron chi connectivity index (χ4n) is 2.37. The second-order valence-electron chi connectivity index (χ2n) is 4.50. The first-order chi connectivity index (χ1) is 7.36. The van der Waals surface area contributed by atoms with Gasteiger partial charge in [0.2, 0.25) is 6.41 Å². The lowest BCUT2D eigenvalue weighted by molar-refractivity contribution is -0.109. The molecule has 1 heterocycles. The van der Waals surface area contributed by atoms with E-state index >= 15 is 0 Å². The van der Waals surface area contributed by atoms with Gasteiger partial charge in [-0.2, -0.15) is 0 Å². The second-order valence-corrected chi connectivity index (χ2v) is 4.50. The number of nitrogens with zero attached hydrogens (tertiary/aromatic N) is 1. The molecule has 0 saturated carbocycles. The van der Waals surface area contributed by atoms with E-state index in [-0.39, 0.29) is 0 Å². The van der Waals surface area contributed by atoms with Gasteiger partial charge in [0.05, 0.1) is 0 Å². The molecule has 15 heavy (non-hydrogen) atoms. The van der Waals surface area contributed by atoms with Crippen LogP contribution < -0.4 is 5.32 Å². The van der Waals surface area contributed by atoms with Gasteiger partial charge in [-0.05, 0) is 57.7 Å². The fraction of sp³-hybridized carbons (Fsp3) is 0.917. The minimum atomic E-state index is 0.795. The molecule has 1 saturated heterocycles. The molecule has 1 rings (SSSR count). The molecule has 0 radical (unpaired) electrons. The molecule has 1 amide bonds. The van der Waals surface area contributed by atoms with Crippen LogP contribution in [0, 0.1) is 5.92 Å². The summed E-state index contributed by atoms with van der Waals surface area (Å²) in [4.78, 5) is 12.6. The fourth-order valence-corrected chi connectivity index (χ4v) is 2.37. The molecule has 0 aromatic heterocycles. The van der Waals surface area contributed by atoms with Crippen molar-refractivity contribution in [1.82, 2.24) is 10.2 Å². The number of nitrogens with one attached hydrogen (secondary N) is 1. The third kappa shape index (κ3) is 5.17. The first kappa shape index (κ1) is 12.5. The monoisotopic (exact) mass is 212 g/mol. The molecule has 0 atom stereocenters. The molecule has 0 spiro atoms. The molecular formula is C12H24N2O. The largest absolute Gasteiger partial charge is 0.359 e. The number of hydrogen-bond donors (Lipinski definition) is 1. The Morgan fingerprint density at radius 1 is 1.40 bits per heavy atom. The van der Waals surface area contributed by atoms with Crippen molar-refractivity contribution in [3.63, 3.8) is 0 Å². The maximum atomic E-state index is 10.1. The highest BCUT2D eigenvalue weighted by Crippen LogP contribution is 2.21. The van der Waals surface area contributed by atoms with E-state index in [4.69, 9.17) is 0 Å². The molecule has 1 aliphatic rings. The molecule has 1 N–H and O–H groups in total. The van der Waals surface area contributed by atoms with Gasteiger partial charge in [0, 0.05) is 6.54 Å². The number of carbonyl (C=O) groups is 1. The van der Waals surface area contributed by atoms with E-state index in [0.29, 0.717) is 0 Å². The van der Waals surface area contributed by atoms with E-state index in [1.54, 1.807) is 0 Å². The first-order valence-corrected chi connectivity index (χ1v) is 6.26. The molecule has 88 valence electrons. The smallest absolute Gasteiger partial charge is 0.207 e. The molecular weight excluding hydrogens is 188 g/mol. The minimum Gasteiger partial charge on any atom is -0.359 e. The van der Waals surface area contributed by atoms with Crippen molar-refractivity contribution >= 4 is 6.41 Å². The number of piperidine rings is 1. The summed E-state index contributed by atoms with van der Waals surface area (Å²) in [7, 11) is 0. The van der Waals surface area contributed by atoms with E-state index in [9.17, 15) is 4.79 Å². The van der Waals surface area contributed by atoms with Gasteiger partial charge in [0.1, 0.15) is 0 Å². The van der Waals surface area contributed by atoms with Gasteiger partial charge in [0.25, 0.3) is 0 Å². The Balaban J connectivity index is 2.01. The molecule has 0 bridgehead atoms. The average molecular weight is 212 g/mol. The van der Waals surface area contributed by atoms with E-state index in [0.717, 1.165) is 25.3 Å². The highest BCUT2D eigenvalue weighted by atomic mass is 16.1. The predicted octanol–water partition coefficient (Wildman–Crippen LogP) is 1.63. The van der Waals surface area contributed by atoms with Crippen LogP contribution in [0.2, 0.25) is 0 Å². The molecule has 0 unspecified atom stereocenters. The summed E-state index contributed by atoms with van der Waals surface area (Å²) in [6, 6.07) is 0. The van der Waals surface area contributed by atoms with E-state index < -0.39 is 0 Å². The van der Waals surface area contributed by atoms with Crippen molar-refractivity contribution in [3.8, 4) is 0 Å². The van der Waals surface area contributed by atoms with Gasteiger partial charge >= 0.3 is 0 Å². The second kappa shape index (κ2) is 7.69. The third-order valence-electron chi connectivity index (χ3n) is 3.26. The Hall–Kier alpha value is -0.570. The Morgan fingerprint density at radius 3 is 2.73 bits per heavy atom. The van der Waals surface area contributed by atoms with Crippen molar-refractivity contribution < 1.29 is 4.79 Å². The van der Waals surface area contributed by atoms with Crippen LogP contribution in [0.15, 0.2) is 0 Å². The summed E-state index contributed by atoms with van der Waals surface area (Å²) < 4.78 is 0. The number of amides is 1. The summed E-state index contributed by atoms with van der Waals surface area (Å²) in [6.45, 7) is 6.91. The standard InChI is InChI=1S/C12H24N2O/c1-2-8-14-9-5-12(6-10-14)4-3-7-13-11-15/h11-12H,2-10H2,1H3,(H,13,15). The van der Waals surface area contributed by atoms with Crippen LogP contribution in [0.5, 0.6) is 0 Å².